The van der Waals surface area contributed by atoms with Crippen LogP contribution in [0, 0.1) is 0 Å². The summed E-state index contributed by atoms with van der Waals surface area (Å²) >= 11 is 0. The van der Waals surface area contributed by atoms with Crippen LogP contribution in [-0.2, 0) is 9.53 Å². The first-order valence-corrected chi connectivity index (χ1v) is 8.98. The van der Waals surface area contributed by atoms with Gasteiger partial charge in [0.1, 0.15) is 11.9 Å². The molecule has 2 fully saturated rings. The Morgan fingerprint density at radius 2 is 2.04 bits per heavy atom. The van der Waals surface area contributed by atoms with Gasteiger partial charge in [-0.1, -0.05) is 0 Å². The van der Waals surface area contributed by atoms with Gasteiger partial charge in [0.05, 0.1) is 17.8 Å². The molecule has 0 aliphatic carbocycles. The molecule has 2 aliphatic heterocycles. The van der Waals surface area contributed by atoms with Gasteiger partial charge in [0.15, 0.2) is 0 Å². The fourth-order valence-corrected chi connectivity index (χ4v) is 3.39. The fraction of sp³-hybridized carbons (Fsp3) is 0.611. The summed E-state index contributed by atoms with van der Waals surface area (Å²) in [5.41, 5.74) is 0.468. The van der Waals surface area contributed by atoms with Crippen LogP contribution in [0.25, 0.3) is 0 Å². The first-order valence-electron chi connectivity index (χ1n) is 8.98. The van der Waals surface area contributed by atoms with Gasteiger partial charge in [-0.25, -0.2) is 4.98 Å². The van der Waals surface area contributed by atoms with Gasteiger partial charge in [-0.3, -0.25) is 9.59 Å². The molecular weight excluding hydrogens is 320 g/mol. The fourth-order valence-electron chi connectivity index (χ4n) is 3.39. The van der Waals surface area contributed by atoms with Gasteiger partial charge in [-0.15, -0.1) is 0 Å². The minimum absolute atomic E-state index is 0.105. The molecule has 7 nitrogen and oxygen atoms in total. The number of hydrogen-bond donors (Lipinski definition) is 2. The summed E-state index contributed by atoms with van der Waals surface area (Å²) in [5, 5.41) is 5.64. The Hall–Kier alpha value is -2.15. The van der Waals surface area contributed by atoms with Crippen molar-refractivity contribution in [3.05, 3.63) is 23.9 Å². The van der Waals surface area contributed by atoms with Crippen LogP contribution in [0.3, 0.4) is 0 Å². The highest BCUT2D eigenvalue weighted by molar-refractivity contribution is 5.97. The first-order chi connectivity index (χ1) is 12.0. The normalized spacial score (nSPS) is 27.4. The van der Waals surface area contributed by atoms with Gasteiger partial charge in [0.25, 0.3) is 5.91 Å². The number of carbonyl (C=O) groups excluding carboxylic acids is 2. The molecule has 2 N–H and O–H groups in total. The SMILES string of the molecule is C[C@@H]1CN(c2ccc(C(=O)N[C@@H]3CCCCNC3=O)cn2)C[C@@H](C)O1. The Balaban J connectivity index is 1.63. The number of aromatic nitrogens is 1. The Labute approximate surface area is 148 Å². The van der Waals surface area contributed by atoms with Crippen LogP contribution in [0.4, 0.5) is 5.82 Å². The zero-order valence-corrected chi connectivity index (χ0v) is 14.8. The van der Waals surface area contributed by atoms with Crippen LogP contribution in [0.2, 0.25) is 0 Å². The second kappa shape index (κ2) is 7.82. The standard InChI is InChI=1S/C18H26N4O3/c1-12-10-22(11-13(2)25-12)16-7-6-14(9-20-16)17(23)21-15-5-3-4-8-19-18(15)24/h6-7,9,12-13,15H,3-5,8,10-11H2,1-2H3,(H,19,24)(H,21,23)/t12-,13-,15-/m1/s1. The zero-order chi connectivity index (χ0) is 17.8. The van der Waals surface area contributed by atoms with E-state index in [9.17, 15) is 9.59 Å². The van der Waals surface area contributed by atoms with E-state index in [0.29, 0.717) is 18.5 Å². The maximum Gasteiger partial charge on any atom is 0.253 e. The summed E-state index contributed by atoms with van der Waals surface area (Å²) in [7, 11) is 0. The topological polar surface area (TPSA) is 83.6 Å². The number of rotatable bonds is 3. The van der Waals surface area contributed by atoms with Crippen molar-refractivity contribution < 1.29 is 14.3 Å². The minimum Gasteiger partial charge on any atom is -0.372 e. The third kappa shape index (κ3) is 4.48. The quantitative estimate of drug-likeness (QED) is 0.856. The number of hydrogen-bond acceptors (Lipinski definition) is 5. The molecule has 7 heteroatoms. The van der Waals surface area contributed by atoms with Crippen molar-refractivity contribution >= 4 is 17.6 Å². The number of nitrogens with one attached hydrogen (secondary N) is 2. The van der Waals surface area contributed by atoms with Gasteiger partial charge in [0, 0.05) is 25.8 Å². The Morgan fingerprint density at radius 3 is 2.72 bits per heavy atom. The Morgan fingerprint density at radius 1 is 1.28 bits per heavy atom. The molecule has 0 bridgehead atoms. The van der Waals surface area contributed by atoms with Crippen molar-refractivity contribution in [1.82, 2.24) is 15.6 Å². The van der Waals surface area contributed by atoms with Crippen molar-refractivity contribution in [3.63, 3.8) is 0 Å². The van der Waals surface area contributed by atoms with E-state index in [2.05, 4.69) is 20.5 Å². The highest BCUT2D eigenvalue weighted by Gasteiger charge is 2.25. The second-order valence-electron chi connectivity index (χ2n) is 6.88. The number of anilines is 1. The molecule has 0 radical (unpaired) electrons. The van der Waals surface area contributed by atoms with Crippen LogP contribution in [0.5, 0.6) is 0 Å². The number of carbonyl (C=O) groups is 2. The van der Waals surface area contributed by atoms with Crippen molar-refractivity contribution in [3.8, 4) is 0 Å². The predicted octanol–water partition coefficient (Wildman–Crippen LogP) is 1.09. The maximum absolute atomic E-state index is 12.4. The second-order valence-corrected chi connectivity index (χ2v) is 6.88. The predicted molar refractivity (Wildman–Crippen MR) is 94.6 cm³/mol. The van der Waals surface area contributed by atoms with Gasteiger partial charge in [0.2, 0.25) is 5.91 Å². The number of pyridine rings is 1. The van der Waals surface area contributed by atoms with Crippen molar-refractivity contribution in [2.75, 3.05) is 24.5 Å². The number of morpholine rings is 1. The molecule has 1 aromatic heterocycles. The number of nitrogens with zero attached hydrogens (tertiary/aromatic N) is 2. The largest absolute Gasteiger partial charge is 0.372 e. The molecule has 0 unspecified atom stereocenters. The molecule has 136 valence electrons. The van der Waals surface area contributed by atoms with E-state index in [-0.39, 0.29) is 24.0 Å². The average molecular weight is 346 g/mol. The first kappa shape index (κ1) is 17.7. The summed E-state index contributed by atoms with van der Waals surface area (Å²) in [6, 6.07) is 3.15. The van der Waals surface area contributed by atoms with Crippen molar-refractivity contribution in [2.45, 2.75) is 51.4 Å². The van der Waals surface area contributed by atoms with Crippen LogP contribution < -0.4 is 15.5 Å². The van der Waals surface area contributed by atoms with E-state index in [1.54, 1.807) is 12.3 Å². The van der Waals surface area contributed by atoms with Gasteiger partial charge in [-0.2, -0.15) is 0 Å². The van der Waals surface area contributed by atoms with E-state index in [4.69, 9.17) is 4.74 Å². The van der Waals surface area contributed by atoms with E-state index >= 15 is 0 Å². The Kier molecular flexibility index (Phi) is 5.53. The van der Waals surface area contributed by atoms with E-state index in [1.165, 1.54) is 0 Å². The molecule has 0 saturated carbocycles. The highest BCUT2D eigenvalue weighted by Crippen LogP contribution is 2.18. The van der Waals surface area contributed by atoms with E-state index in [0.717, 1.165) is 31.7 Å². The third-order valence-electron chi connectivity index (χ3n) is 4.59. The molecule has 0 aromatic carbocycles. The zero-order valence-electron chi connectivity index (χ0n) is 14.8. The van der Waals surface area contributed by atoms with Crippen LogP contribution in [-0.4, -0.2) is 54.7 Å². The molecule has 3 heterocycles. The lowest BCUT2D eigenvalue weighted by Gasteiger charge is -2.36. The Bertz CT molecular complexity index is 609. The minimum atomic E-state index is -0.462. The summed E-state index contributed by atoms with van der Waals surface area (Å²) in [4.78, 5) is 30.9. The van der Waals surface area contributed by atoms with Crippen LogP contribution >= 0.6 is 0 Å². The summed E-state index contributed by atoms with van der Waals surface area (Å²) in [6.07, 6.45) is 4.43. The molecular formula is C18H26N4O3. The van der Waals surface area contributed by atoms with E-state index in [1.807, 2.05) is 19.9 Å². The smallest absolute Gasteiger partial charge is 0.253 e. The van der Waals surface area contributed by atoms with Gasteiger partial charge < -0.3 is 20.3 Å². The molecule has 2 saturated heterocycles. The van der Waals surface area contributed by atoms with E-state index < -0.39 is 6.04 Å². The average Bonchev–Trinajstić information content (AvgIpc) is 2.79. The molecule has 25 heavy (non-hydrogen) atoms. The molecule has 3 rings (SSSR count). The molecule has 3 atom stereocenters. The van der Waals surface area contributed by atoms with Crippen LogP contribution in [0.1, 0.15) is 43.5 Å². The van der Waals surface area contributed by atoms with Crippen molar-refractivity contribution in [2.24, 2.45) is 0 Å². The summed E-state index contributed by atoms with van der Waals surface area (Å²) < 4.78 is 5.73. The molecule has 2 amide bonds. The molecule has 2 aliphatic rings. The summed E-state index contributed by atoms with van der Waals surface area (Å²) in [5.74, 6) is 0.474. The lowest BCUT2D eigenvalue weighted by Crippen LogP contribution is -2.46. The number of ether oxygens (including phenoxy) is 1. The number of amides is 2. The maximum atomic E-state index is 12.4. The highest BCUT2D eigenvalue weighted by atomic mass is 16.5. The van der Waals surface area contributed by atoms with Crippen LogP contribution in [0.15, 0.2) is 18.3 Å². The van der Waals surface area contributed by atoms with Gasteiger partial charge >= 0.3 is 0 Å². The summed E-state index contributed by atoms with van der Waals surface area (Å²) in [6.45, 7) is 6.33. The third-order valence-corrected chi connectivity index (χ3v) is 4.59. The van der Waals surface area contributed by atoms with Gasteiger partial charge in [-0.05, 0) is 45.2 Å². The molecule has 1 aromatic rings. The monoisotopic (exact) mass is 346 g/mol. The van der Waals surface area contributed by atoms with Crippen molar-refractivity contribution in [1.29, 1.82) is 0 Å². The molecule has 0 spiro atoms. The lowest BCUT2D eigenvalue weighted by molar-refractivity contribution is -0.122. The lowest BCUT2D eigenvalue weighted by atomic mass is 10.1.